The fourth-order valence-electron chi connectivity index (χ4n) is 2.47. The molecule has 0 aromatic carbocycles. The van der Waals surface area contributed by atoms with Gasteiger partial charge in [0.15, 0.2) is 11.7 Å². The quantitative estimate of drug-likeness (QED) is 0.762. The van der Waals surface area contributed by atoms with Gasteiger partial charge in [0.25, 0.3) is 5.56 Å². The van der Waals surface area contributed by atoms with Crippen molar-refractivity contribution in [2.45, 2.75) is 25.8 Å². The Balaban J connectivity index is 2.20. The van der Waals surface area contributed by atoms with Gasteiger partial charge in [-0.25, -0.2) is 4.68 Å². The van der Waals surface area contributed by atoms with Crippen LogP contribution in [0.2, 0.25) is 5.02 Å². The van der Waals surface area contributed by atoms with Crippen LogP contribution in [0.1, 0.15) is 37.1 Å². The van der Waals surface area contributed by atoms with Crippen molar-refractivity contribution in [3.05, 3.63) is 57.4 Å². The molecule has 0 aliphatic heterocycles. The van der Waals surface area contributed by atoms with Crippen LogP contribution in [0, 0.1) is 0 Å². The third-order valence-corrected chi connectivity index (χ3v) is 3.93. The van der Waals surface area contributed by atoms with Crippen molar-refractivity contribution in [2.24, 2.45) is 5.73 Å². The summed E-state index contributed by atoms with van der Waals surface area (Å²) in [5.74, 6) is -0.716. The van der Waals surface area contributed by atoms with Gasteiger partial charge in [0.05, 0.1) is 10.7 Å². The van der Waals surface area contributed by atoms with Gasteiger partial charge in [-0.15, -0.1) is 10.2 Å². The van der Waals surface area contributed by atoms with Crippen LogP contribution in [-0.2, 0) is 4.79 Å². The standard InChI is InChI=1S/C15H15ClN6O2/c1-8(2)13-10(16)5-12(23)22(20-13)14(15(17)24)9-3-4-11-19-18-7-21(11)6-9/h3-8,14H,1-2H3,(H2,17,24). The Bertz CT molecular complexity index is 977. The number of primary amides is 1. The van der Waals surface area contributed by atoms with E-state index in [2.05, 4.69) is 15.3 Å². The first-order valence-electron chi connectivity index (χ1n) is 7.26. The number of fused-ring (bicyclic) bond motifs is 1. The van der Waals surface area contributed by atoms with Gasteiger partial charge in [-0.2, -0.15) is 5.10 Å². The number of carbonyl (C=O) groups is 1. The van der Waals surface area contributed by atoms with Crippen molar-refractivity contribution in [2.75, 3.05) is 0 Å². The zero-order valence-corrected chi connectivity index (χ0v) is 13.8. The van der Waals surface area contributed by atoms with Crippen LogP contribution in [0.3, 0.4) is 0 Å². The maximum atomic E-state index is 12.3. The number of pyridine rings is 1. The van der Waals surface area contributed by atoms with Crippen molar-refractivity contribution >= 4 is 23.2 Å². The van der Waals surface area contributed by atoms with Gasteiger partial charge in [0.1, 0.15) is 6.33 Å². The lowest BCUT2D eigenvalue weighted by molar-refractivity contribution is -0.120. The Kier molecular flexibility index (Phi) is 4.06. The molecule has 3 aromatic rings. The third kappa shape index (κ3) is 2.76. The molecule has 0 radical (unpaired) electrons. The molecule has 0 spiro atoms. The Hall–Kier alpha value is -2.74. The minimum Gasteiger partial charge on any atom is -0.368 e. The highest BCUT2D eigenvalue weighted by Gasteiger charge is 2.24. The van der Waals surface area contributed by atoms with E-state index in [1.165, 1.54) is 12.4 Å². The molecule has 1 amide bonds. The lowest BCUT2D eigenvalue weighted by atomic mass is 10.1. The summed E-state index contributed by atoms with van der Waals surface area (Å²) in [6, 6.07) is 3.54. The number of rotatable bonds is 4. The summed E-state index contributed by atoms with van der Waals surface area (Å²) in [5.41, 5.74) is 6.67. The number of nitrogens with two attached hydrogens (primary N) is 1. The number of aromatic nitrogens is 5. The second kappa shape index (κ2) is 6.04. The Morgan fingerprint density at radius 2 is 2.08 bits per heavy atom. The summed E-state index contributed by atoms with van der Waals surface area (Å²) in [7, 11) is 0. The topological polar surface area (TPSA) is 108 Å². The fraction of sp³-hybridized carbons (Fsp3) is 0.267. The molecule has 3 aromatic heterocycles. The van der Waals surface area contributed by atoms with Crippen LogP contribution in [0.15, 0.2) is 35.5 Å². The highest BCUT2D eigenvalue weighted by atomic mass is 35.5. The van der Waals surface area contributed by atoms with Crippen LogP contribution in [0.25, 0.3) is 5.65 Å². The van der Waals surface area contributed by atoms with Gasteiger partial charge in [-0.3, -0.25) is 14.0 Å². The van der Waals surface area contributed by atoms with Crippen molar-refractivity contribution in [1.29, 1.82) is 0 Å². The van der Waals surface area contributed by atoms with Gasteiger partial charge < -0.3 is 5.73 Å². The number of amides is 1. The number of halogens is 1. The van der Waals surface area contributed by atoms with Crippen molar-refractivity contribution in [1.82, 2.24) is 24.4 Å². The average Bonchev–Trinajstić information content (AvgIpc) is 2.96. The third-order valence-electron chi connectivity index (χ3n) is 3.63. The molecular formula is C15H15ClN6O2. The monoisotopic (exact) mass is 346 g/mol. The molecule has 1 unspecified atom stereocenters. The molecule has 0 bridgehead atoms. The molecule has 0 saturated carbocycles. The first kappa shape index (κ1) is 16.1. The largest absolute Gasteiger partial charge is 0.368 e. The molecule has 0 saturated heterocycles. The van der Waals surface area contributed by atoms with E-state index >= 15 is 0 Å². The Morgan fingerprint density at radius 1 is 1.33 bits per heavy atom. The number of hydrogen-bond acceptors (Lipinski definition) is 5. The van der Waals surface area contributed by atoms with E-state index in [1.807, 2.05) is 13.8 Å². The first-order valence-corrected chi connectivity index (χ1v) is 7.64. The maximum absolute atomic E-state index is 12.3. The zero-order chi connectivity index (χ0) is 17.4. The SMILES string of the molecule is CC(C)c1nn(C(C(N)=O)c2ccc3nncn3c2)c(=O)cc1Cl. The predicted molar refractivity (Wildman–Crippen MR) is 87.9 cm³/mol. The second-order valence-electron chi connectivity index (χ2n) is 5.68. The number of nitrogens with zero attached hydrogens (tertiary/aromatic N) is 5. The molecule has 8 nitrogen and oxygen atoms in total. The van der Waals surface area contributed by atoms with Crippen LogP contribution in [0.5, 0.6) is 0 Å². The summed E-state index contributed by atoms with van der Waals surface area (Å²) < 4.78 is 2.70. The smallest absolute Gasteiger partial charge is 0.269 e. The average molecular weight is 347 g/mol. The van der Waals surface area contributed by atoms with Gasteiger partial charge in [-0.05, 0) is 12.0 Å². The van der Waals surface area contributed by atoms with E-state index < -0.39 is 17.5 Å². The minimum atomic E-state index is -1.06. The van der Waals surface area contributed by atoms with E-state index in [1.54, 1.807) is 22.7 Å². The van der Waals surface area contributed by atoms with Gasteiger partial charge in [0, 0.05) is 17.8 Å². The zero-order valence-electron chi connectivity index (χ0n) is 13.0. The van der Waals surface area contributed by atoms with E-state index in [0.717, 1.165) is 4.68 Å². The molecule has 1 atom stereocenters. The van der Waals surface area contributed by atoms with E-state index in [4.69, 9.17) is 17.3 Å². The van der Waals surface area contributed by atoms with E-state index in [-0.39, 0.29) is 10.9 Å². The number of hydrogen-bond donors (Lipinski definition) is 1. The lowest BCUT2D eigenvalue weighted by Crippen LogP contribution is -2.36. The molecule has 9 heteroatoms. The van der Waals surface area contributed by atoms with E-state index in [9.17, 15) is 9.59 Å². The normalized spacial score (nSPS) is 12.7. The van der Waals surface area contributed by atoms with Gasteiger partial charge in [-0.1, -0.05) is 31.5 Å². The lowest BCUT2D eigenvalue weighted by Gasteiger charge is -2.18. The van der Waals surface area contributed by atoms with Crippen molar-refractivity contribution in [3.8, 4) is 0 Å². The summed E-state index contributed by atoms with van der Waals surface area (Å²) >= 11 is 6.08. The van der Waals surface area contributed by atoms with Crippen LogP contribution in [0.4, 0.5) is 0 Å². The minimum absolute atomic E-state index is 0.0156. The molecule has 24 heavy (non-hydrogen) atoms. The number of carbonyl (C=O) groups excluding carboxylic acids is 1. The molecular weight excluding hydrogens is 332 g/mol. The molecule has 0 fully saturated rings. The molecule has 2 N–H and O–H groups in total. The summed E-state index contributed by atoms with van der Waals surface area (Å²) in [6.45, 7) is 3.79. The van der Waals surface area contributed by atoms with Crippen molar-refractivity contribution < 1.29 is 4.79 Å². The Morgan fingerprint density at radius 3 is 2.75 bits per heavy atom. The summed E-state index contributed by atoms with van der Waals surface area (Å²) in [4.78, 5) is 24.4. The molecule has 124 valence electrons. The van der Waals surface area contributed by atoms with Gasteiger partial charge in [0.2, 0.25) is 5.91 Å². The Labute approximate surface area is 141 Å². The molecule has 3 heterocycles. The highest BCUT2D eigenvalue weighted by Crippen LogP contribution is 2.22. The van der Waals surface area contributed by atoms with Crippen molar-refractivity contribution in [3.63, 3.8) is 0 Å². The molecule has 0 aliphatic carbocycles. The summed E-state index contributed by atoms with van der Waals surface area (Å²) in [5, 5.41) is 12.2. The van der Waals surface area contributed by atoms with Crippen LogP contribution >= 0.6 is 11.6 Å². The second-order valence-corrected chi connectivity index (χ2v) is 6.09. The van der Waals surface area contributed by atoms with Crippen LogP contribution < -0.4 is 11.3 Å². The van der Waals surface area contributed by atoms with E-state index in [0.29, 0.717) is 16.9 Å². The molecule has 0 aliphatic rings. The maximum Gasteiger partial charge on any atom is 0.269 e. The summed E-state index contributed by atoms with van der Waals surface area (Å²) in [6.07, 6.45) is 3.14. The van der Waals surface area contributed by atoms with Crippen LogP contribution in [-0.4, -0.2) is 30.3 Å². The molecule has 3 rings (SSSR count). The van der Waals surface area contributed by atoms with Gasteiger partial charge >= 0.3 is 0 Å². The highest BCUT2D eigenvalue weighted by molar-refractivity contribution is 6.31. The first-order chi connectivity index (χ1) is 11.4. The predicted octanol–water partition coefficient (Wildman–Crippen LogP) is 1.14. The fourth-order valence-corrected chi connectivity index (χ4v) is 2.82.